The average molecular weight is 332 g/mol. The highest BCUT2D eigenvalue weighted by molar-refractivity contribution is 6.69. The molecule has 0 heterocycles. The van der Waals surface area contributed by atoms with E-state index in [0.717, 1.165) is 22.1 Å². The highest BCUT2D eigenvalue weighted by Gasteiger charge is 2.27. The third kappa shape index (κ3) is 4.24. The van der Waals surface area contributed by atoms with Crippen molar-refractivity contribution >= 4 is 25.1 Å². The summed E-state index contributed by atoms with van der Waals surface area (Å²) in [5.41, 5.74) is 6.47. The maximum absolute atomic E-state index is 11.8. The molecule has 0 spiro atoms. The van der Waals surface area contributed by atoms with E-state index in [2.05, 4.69) is 0 Å². The van der Waals surface area contributed by atoms with Crippen LogP contribution in [0.25, 0.3) is 10.8 Å². The Morgan fingerprint density at radius 2 is 1.74 bits per heavy atom. The maximum atomic E-state index is 11.8. The van der Waals surface area contributed by atoms with Gasteiger partial charge < -0.3 is 15.0 Å². The van der Waals surface area contributed by atoms with Gasteiger partial charge in [-0.25, -0.2) is 9.86 Å². The van der Waals surface area contributed by atoms with Crippen molar-refractivity contribution in [3.8, 4) is 5.75 Å². The lowest BCUT2D eigenvalue weighted by Gasteiger charge is -2.32. The molecule has 5 nitrogen and oxygen atoms in total. The summed E-state index contributed by atoms with van der Waals surface area (Å²) >= 11 is 0. The van der Waals surface area contributed by atoms with E-state index in [1.807, 2.05) is 63.0 Å². The molecular weight excluding hydrogens is 308 g/mol. The molecular formula is C17H24N2O3Si. The number of rotatable bonds is 5. The van der Waals surface area contributed by atoms with E-state index in [0.29, 0.717) is 0 Å². The van der Waals surface area contributed by atoms with Gasteiger partial charge in [-0.3, -0.25) is 0 Å². The predicted molar refractivity (Wildman–Crippen MR) is 94.8 cm³/mol. The second-order valence-electron chi connectivity index (χ2n) is 6.52. The molecule has 1 unspecified atom stereocenters. The zero-order chi connectivity index (χ0) is 17.2. The number of primary amides is 1. The van der Waals surface area contributed by atoms with Crippen LogP contribution in [-0.2, 0) is 4.53 Å². The first kappa shape index (κ1) is 17.3. The minimum absolute atomic E-state index is 0.259. The van der Waals surface area contributed by atoms with E-state index in [9.17, 15) is 4.79 Å². The van der Waals surface area contributed by atoms with Crippen LogP contribution in [0.15, 0.2) is 36.4 Å². The number of nitrogens with zero attached hydrogens (tertiary/aromatic N) is 1. The van der Waals surface area contributed by atoms with Crippen LogP contribution in [0.5, 0.6) is 5.75 Å². The van der Waals surface area contributed by atoms with Crippen molar-refractivity contribution < 1.29 is 14.1 Å². The monoisotopic (exact) mass is 332 g/mol. The second kappa shape index (κ2) is 6.60. The number of benzene rings is 2. The number of carbonyl (C=O) groups is 1. The standard InChI is InChI=1S/C17H24N2O3Si/c1-12(19(17(18)20)22-23(3,4)5)13-6-7-15-11-16(21-2)9-8-14(15)10-13/h6-12H,1-5H3,(H2,18,20). The van der Waals surface area contributed by atoms with Gasteiger partial charge in [0.25, 0.3) is 0 Å². The molecule has 0 aromatic heterocycles. The minimum Gasteiger partial charge on any atom is -0.497 e. The zero-order valence-electron chi connectivity index (χ0n) is 14.3. The number of hydrogen-bond acceptors (Lipinski definition) is 3. The maximum Gasteiger partial charge on any atom is 0.338 e. The minimum atomic E-state index is -1.94. The van der Waals surface area contributed by atoms with Crippen LogP contribution in [0.1, 0.15) is 18.5 Å². The fraction of sp³-hybridized carbons (Fsp3) is 0.353. The Balaban J connectivity index is 2.35. The van der Waals surface area contributed by atoms with Crippen LogP contribution in [0.4, 0.5) is 4.79 Å². The topological polar surface area (TPSA) is 64.8 Å². The number of methoxy groups -OCH3 is 1. The molecule has 2 aromatic carbocycles. The number of hydrogen-bond donors (Lipinski definition) is 1. The largest absolute Gasteiger partial charge is 0.497 e. The third-order valence-electron chi connectivity index (χ3n) is 3.50. The molecule has 124 valence electrons. The van der Waals surface area contributed by atoms with Gasteiger partial charge in [-0.05, 0) is 61.1 Å². The molecule has 23 heavy (non-hydrogen) atoms. The van der Waals surface area contributed by atoms with Gasteiger partial charge >= 0.3 is 6.03 Å². The summed E-state index contributed by atoms with van der Waals surface area (Å²) in [7, 11) is -0.287. The lowest BCUT2D eigenvalue weighted by Crippen LogP contribution is -2.45. The quantitative estimate of drug-likeness (QED) is 0.663. The third-order valence-corrected chi connectivity index (χ3v) is 4.24. The van der Waals surface area contributed by atoms with Crippen LogP contribution in [0.3, 0.4) is 0 Å². The van der Waals surface area contributed by atoms with Crippen molar-refractivity contribution in [2.45, 2.75) is 32.6 Å². The molecule has 0 saturated heterocycles. The van der Waals surface area contributed by atoms with Crippen LogP contribution in [-0.4, -0.2) is 26.5 Å². The highest BCUT2D eigenvalue weighted by Crippen LogP contribution is 2.28. The van der Waals surface area contributed by atoms with E-state index in [1.165, 1.54) is 5.06 Å². The molecule has 2 aromatic rings. The van der Waals surface area contributed by atoms with Gasteiger partial charge in [0, 0.05) is 0 Å². The molecule has 0 aliphatic heterocycles. The van der Waals surface area contributed by atoms with Crippen LogP contribution in [0, 0.1) is 0 Å². The van der Waals surface area contributed by atoms with Gasteiger partial charge in [0.05, 0.1) is 13.2 Å². The van der Waals surface area contributed by atoms with Gasteiger partial charge in [-0.2, -0.15) is 0 Å². The van der Waals surface area contributed by atoms with E-state index >= 15 is 0 Å². The zero-order valence-corrected chi connectivity index (χ0v) is 15.3. The Bertz CT molecular complexity index is 713. The molecule has 0 saturated carbocycles. The lowest BCUT2D eigenvalue weighted by molar-refractivity contribution is -0.0499. The van der Waals surface area contributed by atoms with Crippen LogP contribution >= 0.6 is 0 Å². The molecule has 2 N–H and O–H groups in total. The summed E-state index contributed by atoms with van der Waals surface area (Å²) in [6.45, 7) is 7.96. The fourth-order valence-electron chi connectivity index (χ4n) is 2.37. The molecule has 2 rings (SSSR count). The van der Waals surface area contributed by atoms with Crippen molar-refractivity contribution in [2.75, 3.05) is 7.11 Å². The number of amides is 2. The van der Waals surface area contributed by atoms with Gasteiger partial charge in [0.1, 0.15) is 5.75 Å². The first-order valence-electron chi connectivity index (χ1n) is 7.57. The first-order chi connectivity index (χ1) is 10.7. The first-order valence-corrected chi connectivity index (χ1v) is 11.0. The van der Waals surface area contributed by atoms with E-state index in [1.54, 1.807) is 7.11 Å². The normalized spacial score (nSPS) is 12.9. The van der Waals surface area contributed by atoms with Gasteiger partial charge in [-0.15, -0.1) is 0 Å². The Hall–Kier alpha value is -2.05. The number of nitrogens with two attached hydrogens (primary N) is 1. The van der Waals surface area contributed by atoms with Crippen molar-refractivity contribution in [1.82, 2.24) is 5.06 Å². The molecule has 0 aliphatic carbocycles. The molecule has 6 heteroatoms. The van der Waals surface area contributed by atoms with Crippen LogP contribution in [0.2, 0.25) is 19.6 Å². The fourth-order valence-corrected chi connectivity index (χ4v) is 3.21. The number of fused-ring (bicyclic) bond motifs is 1. The molecule has 0 aliphatic rings. The van der Waals surface area contributed by atoms with Crippen molar-refractivity contribution in [1.29, 1.82) is 0 Å². The number of urea groups is 1. The van der Waals surface area contributed by atoms with E-state index in [-0.39, 0.29) is 6.04 Å². The Morgan fingerprint density at radius 3 is 2.30 bits per heavy atom. The summed E-state index contributed by atoms with van der Waals surface area (Å²) in [6, 6.07) is 11.1. The predicted octanol–water partition coefficient (Wildman–Crippen LogP) is 4.06. The van der Waals surface area contributed by atoms with Gasteiger partial charge in [0.15, 0.2) is 0 Å². The van der Waals surface area contributed by atoms with E-state index < -0.39 is 14.3 Å². The summed E-state index contributed by atoms with van der Waals surface area (Å²) < 4.78 is 11.1. The molecule has 0 bridgehead atoms. The number of ether oxygens (including phenoxy) is 1. The Labute approximate surface area is 138 Å². The van der Waals surface area contributed by atoms with Gasteiger partial charge in [0.2, 0.25) is 8.32 Å². The second-order valence-corrected chi connectivity index (χ2v) is 10.9. The number of carbonyl (C=O) groups excluding carboxylic acids is 1. The Kier molecular flexibility index (Phi) is 4.96. The SMILES string of the molecule is COc1ccc2cc(C(C)N(O[Si](C)(C)C)C(N)=O)ccc2c1. The summed E-state index contributed by atoms with van der Waals surface area (Å²) in [5, 5.41) is 3.45. The summed E-state index contributed by atoms with van der Waals surface area (Å²) in [5.74, 6) is 0.819. The summed E-state index contributed by atoms with van der Waals surface area (Å²) in [6.07, 6.45) is 0. The van der Waals surface area contributed by atoms with Crippen molar-refractivity contribution in [3.05, 3.63) is 42.0 Å². The van der Waals surface area contributed by atoms with Crippen molar-refractivity contribution in [2.24, 2.45) is 5.73 Å². The summed E-state index contributed by atoms with van der Waals surface area (Å²) in [4.78, 5) is 11.8. The molecule has 2 amide bonds. The van der Waals surface area contributed by atoms with Gasteiger partial charge in [-0.1, -0.05) is 18.2 Å². The van der Waals surface area contributed by atoms with Crippen molar-refractivity contribution in [3.63, 3.8) is 0 Å². The Morgan fingerprint density at radius 1 is 1.13 bits per heavy atom. The molecule has 1 atom stereocenters. The van der Waals surface area contributed by atoms with E-state index in [4.69, 9.17) is 15.0 Å². The number of hydroxylamine groups is 2. The smallest absolute Gasteiger partial charge is 0.338 e. The van der Waals surface area contributed by atoms with Crippen LogP contribution < -0.4 is 10.5 Å². The molecule has 0 radical (unpaired) electrons. The average Bonchev–Trinajstić information content (AvgIpc) is 2.49. The molecule has 0 fully saturated rings. The highest BCUT2D eigenvalue weighted by atomic mass is 28.4. The lowest BCUT2D eigenvalue weighted by atomic mass is 10.0.